The maximum atomic E-state index is 11.3. The second-order valence-electron chi connectivity index (χ2n) is 2.61. The molecule has 0 aromatic carbocycles. The first-order chi connectivity index (χ1) is 6.07. The molecule has 1 rings (SSSR count). The third-order valence-corrected chi connectivity index (χ3v) is 1.92. The van der Waals surface area contributed by atoms with Crippen LogP contribution in [0.2, 0.25) is 5.15 Å². The Bertz CT molecular complexity index is 421. The first-order valence-corrected chi connectivity index (χ1v) is 4.23. The molecule has 0 amide bonds. The van der Waals surface area contributed by atoms with E-state index < -0.39 is 11.2 Å². The van der Waals surface area contributed by atoms with Crippen molar-refractivity contribution in [1.82, 2.24) is 9.55 Å². The number of hydrogen-bond acceptors (Lipinski definition) is 3. The average Bonchev–Trinajstić information content (AvgIpc) is 2.09. The van der Waals surface area contributed by atoms with Gasteiger partial charge in [0.15, 0.2) is 0 Å². The van der Waals surface area contributed by atoms with Gasteiger partial charge in [-0.3, -0.25) is 14.3 Å². The lowest BCUT2D eigenvalue weighted by atomic mass is 10.4. The molecule has 0 aliphatic rings. The van der Waals surface area contributed by atoms with E-state index in [0.29, 0.717) is 13.0 Å². The van der Waals surface area contributed by atoms with Gasteiger partial charge in [0.2, 0.25) is 0 Å². The van der Waals surface area contributed by atoms with E-state index in [1.807, 2.05) is 6.92 Å². The fourth-order valence-electron chi connectivity index (χ4n) is 0.987. The maximum absolute atomic E-state index is 11.3. The van der Waals surface area contributed by atoms with Gasteiger partial charge in [-0.2, -0.15) is 0 Å². The molecule has 0 spiro atoms. The Kier molecular flexibility index (Phi) is 2.77. The van der Waals surface area contributed by atoms with Gasteiger partial charge in [-0.1, -0.05) is 18.5 Å². The molecule has 0 fully saturated rings. The summed E-state index contributed by atoms with van der Waals surface area (Å²) in [4.78, 5) is 24.8. The highest BCUT2D eigenvalue weighted by atomic mass is 35.5. The maximum Gasteiger partial charge on any atom is 0.329 e. The topological polar surface area (TPSA) is 80.9 Å². The van der Waals surface area contributed by atoms with E-state index in [9.17, 15) is 9.59 Å². The molecular formula is C7H10ClN3O2. The molecular weight excluding hydrogens is 194 g/mol. The van der Waals surface area contributed by atoms with Crippen molar-refractivity contribution in [2.24, 2.45) is 0 Å². The third kappa shape index (κ3) is 1.75. The summed E-state index contributed by atoms with van der Waals surface area (Å²) in [6, 6.07) is 0. The van der Waals surface area contributed by atoms with Gasteiger partial charge in [-0.25, -0.2) is 4.79 Å². The van der Waals surface area contributed by atoms with E-state index in [1.165, 1.54) is 0 Å². The molecule has 0 unspecified atom stereocenters. The van der Waals surface area contributed by atoms with E-state index in [0.717, 1.165) is 4.57 Å². The lowest BCUT2D eigenvalue weighted by Crippen LogP contribution is -2.36. The van der Waals surface area contributed by atoms with E-state index in [1.54, 1.807) is 0 Å². The standard InChI is InChI=1S/C7H10ClN3O2/c1-2-3-11-6(12)4(9)5(8)10-7(11)13/h2-3,9H2,1H3,(H,10,13). The summed E-state index contributed by atoms with van der Waals surface area (Å²) in [5.41, 5.74) is 4.18. The van der Waals surface area contributed by atoms with Gasteiger partial charge in [0.25, 0.3) is 5.56 Å². The number of anilines is 1. The van der Waals surface area contributed by atoms with Gasteiger partial charge >= 0.3 is 5.69 Å². The van der Waals surface area contributed by atoms with Crippen molar-refractivity contribution in [3.63, 3.8) is 0 Å². The Balaban J connectivity index is 3.45. The summed E-state index contributed by atoms with van der Waals surface area (Å²) in [6.45, 7) is 2.20. The summed E-state index contributed by atoms with van der Waals surface area (Å²) >= 11 is 5.50. The van der Waals surface area contributed by atoms with Crippen LogP contribution < -0.4 is 17.0 Å². The van der Waals surface area contributed by atoms with Crippen LogP contribution in [0, 0.1) is 0 Å². The van der Waals surface area contributed by atoms with Crippen LogP contribution in [0.25, 0.3) is 0 Å². The summed E-state index contributed by atoms with van der Waals surface area (Å²) in [5.74, 6) is 0. The molecule has 0 aliphatic carbocycles. The number of aromatic amines is 1. The Morgan fingerprint density at radius 3 is 2.69 bits per heavy atom. The molecule has 0 atom stereocenters. The molecule has 6 heteroatoms. The fourth-order valence-corrected chi connectivity index (χ4v) is 1.15. The molecule has 13 heavy (non-hydrogen) atoms. The molecule has 5 nitrogen and oxygen atoms in total. The van der Waals surface area contributed by atoms with Crippen molar-refractivity contribution in [2.45, 2.75) is 19.9 Å². The zero-order valence-corrected chi connectivity index (χ0v) is 7.89. The highest BCUT2D eigenvalue weighted by Gasteiger charge is 2.07. The molecule has 1 aromatic rings. The van der Waals surface area contributed by atoms with Crippen LogP contribution in [0.5, 0.6) is 0 Å². The molecule has 0 bridgehead atoms. The van der Waals surface area contributed by atoms with Gasteiger partial charge in [-0.05, 0) is 6.42 Å². The molecule has 1 aromatic heterocycles. The summed E-state index contributed by atoms with van der Waals surface area (Å²) in [5, 5.41) is -0.0950. The van der Waals surface area contributed by atoms with Gasteiger partial charge < -0.3 is 5.73 Å². The second kappa shape index (κ2) is 3.66. The van der Waals surface area contributed by atoms with Gasteiger partial charge in [0.05, 0.1) is 0 Å². The van der Waals surface area contributed by atoms with E-state index in [2.05, 4.69) is 4.98 Å². The Morgan fingerprint density at radius 2 is 2.15 bits per heavy atom. The minimum absolute atomic E-state index is 0.0950. The number of nitrogens with one attached hydrogen (secondary N) is 1. The van der Waals surface area contributed by atoms with Crippen LogP contribution in [-0.2, 0) is 6.54 Å². The fraction of sp³-hybridized carbons (Fsp3) is 0.429. The van der Waals surface area contributed by atoms with Crippen LogP contribution in [-0.4, -0.2) is 9.55 Å². The van der Waals surface area contributed by atoms with Gasteiger partial charge in [0.1, 0.15) is 10.8 Å². The van der Waals surface area contributed by atoms with Crippen LogP contribution in [0.4, 0.5) is 5.69 Å². The van der Waals surface area contributed by atoms with Crippen molar-refractivity contribution in [2.75, 3.05) is 5.73 Å². The number of nitrogen functional groups attached to an aromatic ring is 1. The first kappa shape index (κ1) is 9.85. The average molecular weight is 204 g/mol. The molecule has 1 heterocycles. The lowest BCUT2D eigenvalue weighted by molar-refractivity contribution is 0.617. The summed E-state index contributed by atoms with van der Waals surface area (Å²) in [7, 11) is 0. The minimum Gasteiger partial charge on any atom is -0.392 e. The predicted molar refractivity (Wildman–Crippen MR) is 51.0 cm³/mol. The highest BCUT2D eigenvalue weighted by molar-refractivity contribution is 6.31. The number of H-pyrrole nitrogens is 1. The SMILES string of the molecule is CCCn1c(=O)[nH]c(Cl)c(N)c1=O. The number of rotatable bonds is 2. The van der Waals surface area contributed by atoms with Gasteiger partial charge in [-0.15, -0.1) is 0 Å². The number of nitrogens with zero attached hydrogens (tertiary/aromatic N) is 1. The molecule has 0 saturated carbocycles. The van der Waals surface area contributed by atoms with Crippen LogP contribution in [0.15, 0.2) is 9.59 Å². The number of nitrogens with two attached hydrogens (primary N) is 1. The largest absolute Gasteiger partial charge is 0.392 e. The number of halogens is 1. The molecule has 0 aliphatic heterocycles. The van der Waals surface area contributed by atoms with E-state index >= 15 is 0 Å². The summed E-state index contributed by atoms with van der Waals surface area (Å²) in [6.07, 6.45) is 0.685. The van der Waals surface area contributed by atoms with Crippen molar-refractivity contribution in [3.05, 3.63) is 26.0 Å². The first-order valence-electron chi connectivity index (χ1n) is 3.86. The molecule has 0 radical (unpaired) electrons. The zero-order chi connectivity index (χ0) is 10.0. The second-order valence-corrected chi connectivity index (χ2v) is 2.99. The lowest BCUT2D eigenvalue weighted by Gasteiger charge is -2.03. The zero-order valence-electron chi connectivity index (χ0n) is 7.13. The normalized spacial score (nSPS) is 10.3. The summed E-state index contributed by atoms with van der Waals surface area (Å²) < 4.78 is 1.03. The Hall–Kier alpha value is -1.23. The molecule has 72 valence electrons. The van der Waals surface area contributed by atoms with E-state index in [4.69, 9.17) is 17.3 Å². The quantitative estimate of drug-likeness (QED) is 0.673. The molecule has 3 N–H and O–H groups in total. The van der Waals surface area contributed by atoms with Crippen molar-refractivity contribution < 1.29 is 0 Å². The van der Waals surface area contributed by atoms with Crippen LogP contribution in [0.1, 0.15) is 13.3 Å². The van der Waals surface area contributed by atoms with Crippen LogP contribution in [0.3, 0.4) is 0 Å². The predicted octanol–water partition coefficient (Wildman–Crippen LogP) is 0.182. The monoisotopic (exact) mass is 203 g/mol. The van der Waals surface area contributed by atoms with Crippen LogP contribution >= 0.6 is 11.6 Å². The number of aromatic nitrogens is 2. The van der Waals surface area contributed by atoms with Gasteiger partial charge in [0, 0.05) is 6.54 Å². The number of hydrogen-bond donors (Lipinski definition) is 2. The highest BCUT2D eigenvalue weighted by Crippen LogP contribution is 2.05. The molecule has 0 saturated heterocycles. The Labute approximate surface area is 79.1 Å². The van der Waals surface area contributed by atoms with Crippen molar-refractivity contribution >= 4 is 17.3 Å². The third-order valence-electron chi connectivity index (χ3n) is 1.62. The smallest absolute Gasteiger partial charge is 0.329 e. The Morgan fingerprint density at radius 1 is 1.54 bits per heavy atom. The van der Waals surface area contributed by atoms with E-state index in [-0.39, 0.29) is 10.8 Å². The van der Waals surface area contributed by atoms with Crippen molar-refractivity contribution in [3.8, 4) is 0 Å². The van der Waals surface area contributed by atoms with Crippen molar-refractivity contribution in [1.29, 1.82) is 0 Å². The minimum atomic E-state index is -0.532.